The van der Waals surface area contributed by atoms with E-state index in [4.69, 9.17) is 0 Å². The third-order valence-corrected chi connectivity index (χ3v) is 8.03. The van der Waals surface area contributed by atoms with Crippen LogP contribution in [0.5, 0.6) is 0 Å². The van der Waals surface area contributed by atoms with E-state index in [1.54, 1.807) is 0 Å². The molecule has 4 bridgehead atoms. The van der Waals surface area contributed by atoms with Crippen molar-refractivity contribution in [3.63, 3.8) is 0 Å². The lowest BCUT2D eigenvalue weighted by Crippen LogP contribution is -2.72. The standard InChI is InChI=1S/C17H25F3O/c1-13-2-5-14(6-3-13,7-4-13)16-10-8-15(21,9-11-16)12(18)17(16,19)20/h12,21H,2-11H2,1H3. The molecule has 6 rings (SSSR count). The number of aliphatic hydroxyl groups is 1. The first-order valence-electron chi connectivity index (χ1n) is 8.43. The van der Waals surface area contributed by atoms with Crippen molar-refractivity contribution in [3.05, 3.63) is 0 Å². The Morgan fingerprint density at radius 2 is 1.29 bits per heavy atom. The summed E-state index contributed by atoms with van der Waals surface area (Å²) in [5.41, 5.74) is -3.04. The molecule has 0 aromatic carbocycles. The van der Waals surface area contributed by atoms with Gasteiger partial charge in [0.25, 0.3) is 5.92 Å². The number of alkyl halides is 3. The maximum Gasteiger partial charge on any atom is 0.287 e. The zero-order valence-electron chi connectivity index (χ0n) is 12.7. The first-order chi connectivity index (χ1) is 9.69. The van der Waals surface area contributed by atoms with E-state index in [0.29, 0.717) is 18.3 Å². The summed E-state index contributed by atoms with van der Waals surface area (Å²) in [5, 5.41) is 10.2. The van der Waals surface area contributed by atoms with Crippen molar-refractivity contribution in [2.75, 3.05) is 0 Å². The van der Waals surface area contributed by atoms with E-state index in [0.717, 1.165) is 38.5 Å². The van der Waals surface area contributed by atoms with Crippen LogP contribution in [0.3, 0.4) is 0 Å². The molecule has 6 fully saturated rings. The van der Waals surface area contributed by atoms with Gasteiger partial charge in [0.1, 0.15) is 5.60 Å². The quantitative estimate of drug-likeness (QED) is 0.749. The molecular weight excluding hydrogens is 277 g/mol. The van der Waals surface area contributed by atoms with Crippen LogP contribution in [0, 0.1) is 16.2 Å². The summed E-state index contributed by atoms with van der Waals surface area (Å²) in [6.45, 7) is 2.27. The van der Waals surface area contributed by atoms with Crippen LogP contribution in [0.1, 0.15) is 71.1 Å². The summed E-state index contributed by atoms with van der Waals surface area (Å²) in [7, 11) is 0. The van der Waals surface area contributed by atoms with Crippen molar-refractivity contribution < 1.29 is 18.3 Å². The van der Waals surface area contributed by atoms with Crippen molar-refractivity contribution in [2.45, 2.75) is 88.8 Å². The van der Waals surface area contributed by atoms with Crippen LogP contribution >= 0.6 is 0 Å². The topological polar surface area (TPSA) is 20.2 Å². The average molecular weight is 302 g/mol. The Kier molecular flexibility index (Phi) is 2.60. The molecule has 120 valence electrons. The van der Waals surface area contributed by atoms with Gasteiger partial charge in [0.15, 0.2) is 6.17 Å². The highest BCUT2D eigenvalue weighted by Crippen LogP contribution is 2.74. The summed E-state index contributed by atoms with van der Waals surface area (Å²) in [6.07, 6.45) is 4.13. The molecule has 0 spiro atoms. The van der Waals surface area contributed by atoms with E-state index in [9.17, 15) is 18.3 Å². The Hall–Kier alpha value is -0.250. The van der Waals surface area contributed by atoms with Crippen molar-refractivity contribution in [2.24, 2.45) is 16.2 Å². The molecule has 0 aromatic heterocycles. The van der Waals surface area contributed by atoms with Gasteiger partial charge in [0.05, 0.1) is 0 Å². The smallest absolute Gasteiger partial charge is 0.287 e. The number of halogens is 3. The minimum absolute atomic E-state index is 0.211. The molecule has 21 heavy (non-hydrogen) atoms. The second-order valence-corrected chi connectivity index (χ2v) is 8.76. The molecule has 1 N–H and O–H groups in total. The molecule has 0 aliphatic heterocycles. The lowest BCUT2D eigenvalue weighted by Gasteiger charge is -2.68. The van der Waals surface area contributed by atoms with Crippen LogP contribution in [-0.4, -0.2) is 22.8 Å². The largest absolute Gasteiger partial charge is 0.387 e. The molecule has 0 amide bonds. The lowest BCUT2D eigenvalue weighted by atomic mass is 9.38. The van der Waals surface area contributed by atoms with Crippen LogP contribution in [-0.2, 0) is 0 Å². The Morgan fingerprint density at radius 3 is 1.76 bits per heavy atom. The minimum atomic E-state index is -3.37. The maximum atomic E-state index is 15.0. The van der Waals surface area contributed by atoms with Gasteiger partial charge in [-0.25, -0.2) is 13.2 Å². The summed E-state index contributed by atoms with van der Waals surface area (Å²) >= 11 is 0. The summed E-state index contributed by atoms with van der Waals surface area (Å²) in [4.78, 5) is 0. The normalized spacial score (nSPS) is 58.4. The van der Waals surface area contributed by atoms with Crippen molar-refractivity contribution in [3.8, 4) is 0 Å². The first kappa shape index (κ1) is 14.3. The predicted octanol–water partition coefficient (Wildman–Crippen LogP) is 4.63. The minimum Gasteiger partial charge on any atom is -0.387 e. The molecule has 6 aliphatic carbocycles. The summed E-state index contributed by atoms with van der Waals surface area (Å²) in [6, 6.07) is 0. The molecule has 0 saturated heterocycles. The van der Waals surface area contributed by atoms with Crippen LogP contribution in [0.15, 0.2) is 0 Å². The summed E-state index contributed by atoms with van der Waals surface area (Å²) in [5.74, 6) is -3.37. The second-order valence-electron chi connectivity index (χ2n) is 8.76. The zero-order valence-corrected chi connectivity index (χ0v) is 12.7. The van der Waals surface area contributed by atoms with Crippen LogP contribution in [0.2, 0.25) is 0 Å². The van der Waals surface area contributed by atoms with Gasteiger partial charge in [-0.05, 0) is 75.0 Å². The van der Waals surface area contributed by atoms with Crippen molar-refractivity contribution >= 4 is 0 Å². The van der Waals surface area contributed by atoms with Gasteiger partial charge in [-0.2, -0.15) is 0 Å². The van der Waals surface area contributed by atoms with Crippen LogP contribution < -0.4 is 0 Å². The SMILES string of the molecule is CC12CCC(C34CCC(O)(CC3)C(F)C4(F)F)(CC1)CC2. The van der Waals surface area contributed by atoms with Gasteiger partial charge in [0.2, 0.25) is 0 Å². The molecule has 0 aromatic rings. The number of hydrogen-bond acceptors (Lipinski definition) is 1. The fourth-order valence-electron chi connectivity index (χ4n) is 6.25. The van der Waals surface area contributed by atoms with E-state index in [1.807, 2.05) is 0 Å². The molecule has 4 heteroatoms. The van der Waals surface area contributed by atoms with Gasteiger partial charge in [-0.3, -0.25) is 0 Å². The van der Waals surface area contributed by atoms with Gasteiger partial charge < -0.3 is 5.11 Å². The zero-order chi connectivity index (χ0) is 15.1. The molecule has 6 saturated carbocycles. The van der Waals surface area contributed by atoms with Gasteiger partial charge >= 0.3 is 0 Å². The number of rotatable bonds is 1. The summed E-state index contributed by atoms with van der Waals surface area (Å²) < 4.78 is 44.4. The van der Waals surface area contributed by atoms with E-state index < -0.39 is 23.1 Å². The van der Waals surface area contributed by atoms with Crippen molar-refractivity contribution in [1.29, 1.82) is 0 Å². The second kappa shape index (κ2) is 3.80. The first-order valence-corrected chi connectivity index (χ1v) is 8.43. The van der Waals surface area contributed by atoms with Crippen LogP contribution in [0.25, 0.3) is 0 Å². The number of fused-ring (bicyclic) bond motifs is 6. The van der Waals surface area contributed by atoms with E-state index in [2.05, 4.69) is 6.92 Å². The van der Waals surface area contributed by atoms with Gasteiger partial charge in [-0.1, -0.05) is 6.92 Å². The van der Waals surface area contributed by atoms with E-state index >= 15 is 0 Å². The van der Waals surface area contributed by atoms with Crippen molar-refractivity contribution in [1.82, 2.24) is 0 Å². The molecule has 1 nitrogen and oxygen atoms in total. The predicted molar refractivity (Wildman–Crippen MR) is 73.9 cm³/mol. The molecule has 0 heterocycles. The molecule has 1 unspecified atom stereocenters. The molecular formula is C17H25F3O. The van der Waals surface area contributed by atoms with E-state index in [1.165, 1.54) is 0 Å². The Labute approximate surface area is 124 Å². The Bertz CT molecular complexity index is 440. The number of hydrogen-bond donors (Lipinski definition) is 1. The fraction of sp³-hybridized carbons (Fsp3) is 1.00. The highest BCUT2D eigenvalue weighted by molar-refractivity contribution is 5.21. The third kappa shape index (κ3) is 1.48. The molecule has 0 radical (unpaired) electrons. The highest BCUT2D eigenvalue weighted by Gasteiger charge is 2.77. The Balaban J connectivity index is 1.77. The highest BCUT2D eigenvalue weighted by atomic mass is 19.3. The van der Waals surface area contributed by atoms with Crippen LogP contribution in [0.4, 0.5) is 13.2 Å². The third-order valence-electron chi connectivity index (χ3n) is 8.03. The van der Waals surface area contributed by atoms with Gasteiger partial charge in [0, 0.05) is 5.41 Å². The monoisotopic (exact) mass is 302 g/mol. The van der Waals surface area contributed by atoms with Gasteiger partial charge in [-0.15, -0.1) is 0 Å². The van der Waals surface area contributed by atoms with E-state index in [-0.39, 0.29) is 18.3 Å². The molecule has 1 atom stereocenters. The average Bonchev–Trinajstić information content (AvgIpc) is 2.47. The maximum absolute atomic E-state index is 15.0. The fourth-order valence-corrected chi connectivity index (χ4v) is 6.25. The molecule has 6 aliphatic rings. The lowest BCUT2D eigenvalue weighted by molar-refractivity contribution is -0.333. The Morgan fingerprint density at radius 1 is 0.810 bits per heavy atom.